The predicted molar refractivity (Wildman–Crippen MR) is 156 cm³/mol. The molecule has 3 aromatic heterocycles. The lowest BCUT2D eigenvalue weighted by molar-refractivity contribution is -0.133. The van der Waals surface area contributed by atoms with Gasteiger partial charge in [-0.1, -0.05) is 35.6 Å². The lowest BCUT2D eigenvalue weighted by atomic mass is 9.96. The molecule has 1 amide bonds. The Bertz CT molecular complexity index is 1550. The van der Waals surface area contributed by atoms with Gasteiger partial charge in [-0.2, -0.15) is 12.8 Å². The van der Waals surface area contributed by atoms with E-state index in [1.807, 2.05) is 44.4 Å². The van der Waals surface area contributed by atoms with Gasteiger partial charge in [0.2, 0.25) is 11.9 Å². The number of ketones is 1. The van der Waals surface area contributed by atoms with Crippen molar-refractivity contribution in [2.45, 2.75) is 19.3 Å². The number of thiazole rings is 1. The topological polar surface area (TPSA) is 121 Å². The lowest BCUT2D eigenvalue weighted by Gasteiger charge is -2.32. The molecule has 0 atom stereocenters. The van der Waals surface area contributed by atoms with Crippen LogP contribution in [0.25, 0.3) is 20.7 Å². The number of halogens is 1. The van der Waals surface area contributed by atoms with Crippen LogP contribution < -0.4 is 4.90 Å². The zero-order valence-corrected chi connectivity index (χ0v) is 24.7. The summed E-state index contributed by atoms with van der Waals surface area (Å²) in [5.74, 6) is -0.140. The van der Waals surface area contributed by atoms with Crippen molar-refractivity contribution in [3.63, 3.8) is 0 Å². The van der Waals surface area contributed by atoms with Gasteiger partial charge in [-0.05, 0) is 42.2 Å². The van der Waals surface area contributed by atoms with Crippen LogP contribution in [0, 0.1) is 11.9 Å². The number of pyridine rings is 1. The Balaban J connectivity index is 0.000000681. The van der Waals surface area contributed by atoms with Crippen molar-refractivity contribution in [2.75, 3.05) is 38.3 Å². The van der Waals surface area contributed by atoms with Gasteiger partial charge in [0.1, 0.15) is 4.83 Å². The number of carbonyl (C=O) groups excluding carboxylic acids is 2. The first-order valence-corrected chi connectivity index (χ1v) is 15.9. The highest BCUT2D eigenvalue weighted by Crippen LogP contribution is 2.36. The third kappa shape index (κ3) is 7.90. The monoisotopic (exact) mass is 604 g/mol. The van der Waals surface area contributed by atoms with Crippen molar-refractivity contribution in [3.05, 3.63) is 65.0 Å². The smallest absolute Gasteiger partial charge is 0.261 e. The number of piperidine rings is 1. The van der Waals surface area contributed by atoms with E-state index in [-0.39, 0.29) is 17.6 Å². The number of amides is 1. The van der Waals surface area contributed by atoms with E-state index in [9.17, 15) is 22.4 Å². The molecule has 0 aliphatic carbocycles. The summed E-state index contributed by atoms with van der Waals surface area (Å²) in [5.41, 5.74) is 2.68. The molecule has 9 nitrogen and oxygen atoms in total. The first-order chi connectivity index (χ1) is 18.9. The van der Waals surface area contributed by atoms with Crippen molar-refractivity contribution in [1.29, 1.82) is 0 Å². The summed E-state index contributed by atoms with van der Waals surface area (Å²) in [6.45, 7) is 1.64. The maximum absolute atomic E-state index is 13.0. The number of hydrogen-bond donors (Lipinski definition) is 1. The fraction of sp³-hybridized carbons (Fsp3) is 0.333. The molecule has 1 aliphatic heterocycles. The summed E-state index contributed by atoms with van der Waals surface area (Å²) >= 11 is 3.05. The molecule has 0 unspecified atom stereocenters. The Morgan fingerprint density at radius 2 is 1.70 bits per heavy atom. The highest BCUT2D eigenvalue weighted by Gasteiger charge is 2.27. The molecule has 0 radical (unpaired) electrons. The van der Waals surface area contributed by atoms with Crippen molar-refractivity contribution in [3.8, 4) is 11.1 Å². The zero-order chi connectivity index (χ0) is 29.0. The first kappa shape index (κ1) is 29.7. The van der Waals surface area contributed by atoms with Crippen LogP contribution in [0.5, 0.6) is 0 Å². The molecule has 212 valence electrons. The van der Waals surface area contributed by atoms with Gasteiger partial charge in [0, 0.05) is 51.3 Å². The maximum Gasteiger partial charge on any atom is 0.261 e. The first-order valence-electron chi connectivity index (χ1n) is 12.4. The zero-order valence-electron chi connectivity index (χ0n) is 22.2. The second kappa shape index (κ2) is 12.5. The van der Waals surface area contributed by atoms with Crippen molar-refractivity contribution >= 4 is 59.1 Å². The molecule has 4 aromatic rings. The Labute approximate surface area is 240 Å². The molecule has 1 fully saturated rings. The van der Waals surface area contributed by atoms with E-state index >= 15 is 0 Å². The van der Waals surface area contributed by atoms with Gasteiger partial charge in [0.15, 0.2) is 10.9 Å². The lowest BCUT2D eigenvalue weighted by Crippen LogP contribution is -2.40. The van der Waals surface area contributed by atoms with E-state index in [0.717, 1.165) is 57.3 Å². The molecular weight excluding hydrogens is 576 g/mol. The molecule has 0 bridgehead atoms. The SMILES string of the molecule is CN(C)C(=O)C1CCN(c2nc3sc(C(=O)Cc4ccc(-c5ccc(F)nc5)cc4)cc3s2)CC1.CS(=O)(=O)O. The molecule has 0 saturated carbocycles. The minimum Gasteiger partial charge on any atom is -0.349 e. The van der Waals surface area contributed by atoms with Crippen LogP contribution in [0.2, 0.25) is 0 Å². The van der Waals surface area contributed by atoms with E-state index in [2.05, 4.69) is 9.88 Å². The Kier molecular flexibility index (Phi) is 9.29. The van der Waals surface area contributed by atoms with Crippen LogP contribution in [0.1, 0.15) is 28.1 Å². The average molecular weight is 605 g/mol. The second-order valence-corrected chi connectivity index (χ2v) is 13.2. The number of hydrogen-bond acceptors (Lipinski definition) is 9. The van der Waals surface area contributed by atoms with Crippen LogP contribution in [0.15, 0.2) is 48.7 Å². The quantitative estimate of drug-likeness (QED) is 0.189. The molecule has 0 spiro atoms. The Hall–Kier alpha value is -3.26. The summed E-state index contributed by atoms with van der Waals surface area (Å²) < 4.78 is 39.9. The molecule has 1 N–H and O–H groups in total. The third-order valence-corrected chi connectivity index (χ3v) is 8.55. The minimum absolute atomic E-state index is 0.0703. The highest BCUT2D eigenvalue weighted by atomic mass is 32.2. The van der Waals surface area contributed by atoms with Gasteiger partial charge in [0.25, 0.3) is 10.1 Å². The number of fused-ring (bicyclic) bond motifs is 1. The predicted octanol–water partition coefficient (Wildman–Crippen LogP) is 4.79. The van der Waals surface area contributed by atoms with E-state index in [1.54, 1.807) is 22.3 Å². The third-order valence-electron chi connectivity index (χ3n) is 6.29. The van der Waals surface area contributed by atoms with Gasteiger partial charge in [-0.15, -0.1) is 11.3 Å². The Morgan fingerprint density at radius 3 is 2.25 bits per heavy atom. The Morgan fingerprint density at radius 1 is 1.07 bits per heavy atom. The number of Topliss-reactive ketones (excluding diaryl/α,β-unsaturated/α-hetero) is 1. The van der Waals surface area contributed by atoms with Crippen LogP contribution in [-0.2, 0) is 21.3 Å². The number of anilines is 1. The van der Waals surface area contributed by atoms with E-state index in [0.29, 0.717) is 17.6 Å². The summed E-state index contributed by atoms with van der Waals surface area (Å²) in [6, 6.07) is 12.7. The molecular formula is C27H29FN4O5S3. The molecule has 1 aliphatic rings. The molecule has 4 heterocycles. The number of benzene rings is 1. The fourth-order valence-corrected chi connectivity index (χ4v) is 6.51. The summed E-state index contributed by atoms with van der Waals surface area (Å²) in [6.07, 6.45) is 4.21. The average Bonchev–Trinajstić information content (AvgIpc) is 3.48. The van der Waals surface area contributed by atoms with Gasteiger partial charge in [-0.25, -0.2) is 9.97 Å². The number of nitrogens with zero attached hydrogens (tertiary/aromatic N) is 4. The summed E-state index contributed by atoms with van der Waals surface area (Å²) in [5, 5.41) is 0.965. The van der Waals surface area contributed by atoms with Gasteiger partial charge in [0.05, 0.1) is 15.8 Å². The summed E-state index contributed by atoms with van der Waals surface area (Å²) in [4.78, 5) is 39.1. The maximum atomic E-state index is 13.0. The molecule has 1 aromatic carbocycles. The number of aromatic nitrogens is 2. The van der Waals surface area contributed by atoms with Crippen LogP contribution in [0.4, 0.5) is 9.52 Å². The fourth-order valence-electron chi connectivity index (χ4n) is 4.31. The summed E-state index contributed by atoms with van der Waals surface area (Å²) in [7, 11) is -0.0491. The molecule has 5 rings (SSSR count). The van der Waals surface area contributed by atoms with Crippen LogP contribution >= 0.6 is 22.7 Å². The van der Waals surface area contributed by atoms with Crippen molar-refractivity contribution < 1.29 is 27.0 Å². The van der Waals surface area contributed by atoms with Crippen LogP contribution in [-0.4, -0.2) is 73.0 Å². The minimum atomic E-state index is -3.67. The van der Waals surface area contributed by atoms with Crippen molar-refractivity contribution in [2.24, 2.45) is 5.92 Å². The van der Waals surface area contributed by atoms with E-state index in [1.165, 1.54) is 23.6 Å². The molecule has 40 heavy (non-hydrogen) atoms. The number of rotatable bonds is 6. The number of thiophene rings is 1. The largest absolute Gasteiger partial charge is 0.349 e. The number of carbonyl (C=O) groups is 2. The van der Waals surface area contributed by atoms with E-state index in [4.69, 9.17) is 9.54 Å². The van der Waals surface area contributed by atoms with Gasteiger partial charge < -0.3 is 9.80 Å². The second-order valence-electron chi connectivity index (χ2n) is 9.67. The van der Waals surface area contributed by atoms with Gasteiger partial charge in [-0.3, -0.25) is 14.1 Å². The molecule has 13 heteroatoms. The highest BCUT2D eigenvalue weighted by molar-refractivity contribution is 7.85. The van der Waals surface area contributed by atoms with Crippen LogP contribution in [0.3, 0.4) is 0 Å². The van der Waals surface area contributed by atoms with E-state index < -0.39 is 16.1 Å². The normalized spacial score (nSPS) is 14.1. The standard InChI is InChI=1S/C26H25FN4O2S2.CH4O3S/c1-30(2)25(33)18-9-11-31(12-10-18)26-29-24-22(35-26)14-21(34-24)20(32)13-16-3-5-17(6-4-16)19-7-8-23(27)28-15-19;1-5(2,3)4/h3-8,14-15,18H,9-13H2,1-2H3;1H3,(H,2,3,4). The van der Waals surface area contributed by atoms with Crippen molar-refractivity contribution in [1.82, 2.24) is 14.9 Å². The van der Waals surface area contributed by atoms with Gasteiger partial charge >= 0.3 is 0 Å². The molecule has 1 saturated heterocycles.